The van der Waals surface area contributed by atoms with Gasteiger partial charge in [-0.15, -0.1) is 0 Å². The lowest BCUT2D eigenvalue weighted by molar-refractivity contribution is -0.140. The summed E-state index contributed by atoms with van der Waals surface area (Å²) in [6.07, 6.45) is 3.29. The number of Topliss-reactive ketones (excluding diaryl/α,β-unsaturated/α-hetero) is 1. The Hall–Kier alpha value is -3.93. The predicted molar refractivity (Wildman–Crippen MR) is 130 cm³/mol. The van der Waals surface area contributed by atoms with Crippen molar-refractivity contribution in [2.45, 2.75) is 38.8 Å². The first-order valence-corrected chi connectivity index (χ1v) is 11.1. The molecule has 0 radical (unpaired) electrons. The Morgan fingerprint density at radius 1 is 1.03 bits per heavy atom. The van der Waals surface area contributed by atoms with E-state index in [4.69, 9.17) is 4.74 Å². The second kappa shape index (κ2) is 9.14. The molecule has 6 nitrogen and oxygen atoms in total. The van der Waals surface area contributed by atoms with Crippen molar-refractivity contribution in [1.29, 1.82) is 0 Å². The van der Waals surface area contributed by atoms with Gasteiger partial charge in [-0.25, -0.2) is 0 Å². The van der Waals surface area contributed by atoms with Crippen LogP contribution in [0.4, 0.5) is 0 Å². The van der Waals surface area contributed by atoms with Crippen LogP contribution in [0.3, 0.4) is 0 Å². The van der Waals surface area contributed by atoms with Crippen LogP contribution >= 0.6 is 0 Å². The van der Waals surface area contributed by atoms with E-state index >= 15 is 0 Å². The summed E-state index contributed by atoms with van der Waals surface area (Å²) in [5.41, 5.74) is 2.80. The number of methoxy groups -OCH3 is 1. The molecule has 4 rings (SSSR count). The molecule has 0 aliphatic carbocycles. The third-order valence-corrected chi connectivity index (χ3v) is 6.08. The van der Waals surface area contributed by atoms with Crippen molar-refractivity contribution in [2.24, 2.45) is 0 Å². The van der Waals surface area contributed by atoms with Crippen LogP contribution in [-0.2, 0) is 21.5 Å². The van der Waals surface area contributed by atoms with Gasteiger partial charge in [-0.3, -0.25) is 14.6 Å². The van der Waals surface area contributed by atoms with E-state index in [1.165, 1.54) is 12.0 Å². The molecule has 1 amide bonds. The van der Waals surface area contributed by atoms with E-state index in [2.05, 4.69) is 25.8 Å². The summed E-state index contributed by atoms with van der Waals surface area (Å²) < 4.78 is 5.51. The maximum atomic E-state index is 13.3. The number of aliphatic hydroxyl groups excluding tert-OH is 1. The van der Waals surface area contributed by atoms with Crippen LogP contribution in [0.15, 0.2) is 78.6 Å². The van der Waals surface area contributed by atoms with Gasteiger partial charge in [-0.05, 0) is 46.4 Å². The standard InChI is InChI=1S/C28H28N2O4/c1-28(2,3)20-10-11-22(34-4)21(16-20)25(31)23-24(19-8-6-5-7-9-19)30(27(33)26(23)32)17-18-12-14-29-15-13-18/h5-16,24,31H,17H2,1-4H3/b25-23+. The zero-order valence-electron chi connectivity index (χ0n) is 19.8. The maximum absolute atomic E-state index is 13.3. The second-order valence-electron chi connectivity index (χ2n) is 9.36. The molecule has 1 aliphatic heterocycles. The lowest BCUT2D eigenvalue weighted by atomic mass is 9.85. The van der Waals surface area contributed by atoms with Crippen molar-refractivity contribution in [3.63, 3.8) is 0 Å². The van der Waals surface area contributed by atoms with Crippen molar-refractivity contribution >= 4 is 17.4 Å². The lowest BCUT2D eigenvalue weighted by Gasteiger charge is -2.26. The van der Waals surface area contributed by atoms with E-state index in [1.54, 1.807) is 30.6 Å². The molecule has 174 valence electrons. The molecule has 6 heteroatoms. The molecule has 0 spiro atoms. The number of pyridine rings is 1. The summed E-state index contributed by atoms with van der Waals surface area (Å²) in [6, 6.07) is 17.7. The molecule has 0 bridgehead atoms. The summed E-state index contributed by atoms with van der Waals surface area (Å²) >= 11 is 0. The zero-order valence-corrected chi connectivity index (χ0v) is 19.8. The summed E-state index contributed by atoms with van der Waals surface area (Å²) in [7, 11) is 1.51. The van der Waals surface area contributed by atoms with Gasteiger partial charge in [0.25, 0.3) is 11.7 Å². The Bertz CT molecular complexity index is 1240. The summed E-state index contributed by atoms with van der Waals surface area (Å²) in [4.78, 5) is 32.1. The number of aromatic nitrogens is 1. The van der Waals surface area contributed by atoms with Gasteiger partial charge in [-0.2, -0.15) is 0 Å². The molecule has 1 aromatic heterocycles. The van der Waals surface area contributed by atoms with Crippen molar-refractivity contribution in [3.8, 4) is 5.75 Å². The van der Waals surface area contributed by atoms with Crippen LogP contribution in [0.25, 0.3) is 5.76 Å². The normalized spacial score (nSPS) is 17.8. The topological polar surface area (TPSA) is 79.7 Å². The number of hydrogen-bond donors (Lipinski definition) is 1. The highest BCUT2D eigenvalue weighted by Gasteiger charge is 2.46. The van der Waals surface area contributed by atoms with Gasteiger partial charge in [0.2, 0.25) is 0 Å². The Labute approximate surface area is 199 Å². The van der Waals surface area contributed by atoms with Gasteiger partial charge < -0.3 is 14.7 Å². The fraction of sp³-hybridized carbons (Fsp3) is 0.250. The Balaban J connectivity index is 1.91. The van der Waals surface area contributed by atoms with Gasteiger partial charge in [-0.1, -0.05) is 57.2 Å². The van der Waals surface area contributed by atoms with Crippen molar-refractivity contribution < 1.29 is 19.4 Å². The van der Waals surface area contributed by atoms with Gasteiger partial charge in [0.1, 0.15) is 11.5 Å². The molecule has 1 atom stereocenters. The van der Waals surface area contributed by atoms with E-state index < -0.39 is 17.7 Å². The van der Waals surface area contributed by atoms with E-state index in [1.807, 2.05) is 42.5 Å². The molecule has 1 unspecified atom stereocenters. The number of ketones is 1. The molecule has 1 saturated heterocycles. The van der Waals surface area contributed by atoms with Crippen LogP contribution < -0.4 is 4.74 Å². The van der Waals surface area contributed by atoms with E-state index in [-0.39, 0.29) is 23.3 Å². The molecule has 1 aliphatic rings. The fourth-order valence-electron chi connectivity index (χ4n) is 4.21. The van der Waals surface area contributed by atoms with E-state index in [0.29, 0.717) is 11.3 Å². The molecular formula is C28H28N2O4. The van der Waals surface area contributed by atoms with Gasteiger partial charge >= 0.3 is 0 Å². The highest BCUT2D eigenvalue weighted by Crippen LogP contribution is 2.42. The summed E-state index contributed by atoms with van der Waals surface area (Å²) in [6.45, 7) is 6.41. The minimum Gasteiger partial charge on any atom is -0.507 e. The highest BCUT2D eigenvalue weighted by molar-refractivity contribution is 6.46. The van der Waals surface area contributed by atoms with Crippen molar-refractivity contribution in [3.05, 3.63) is 101 Å². The SMILES string of the molecule is COc1ccc(C(C)(C)C)cc1/C(O)=C1\C(=O)C(=O)N(Cc2ccncc2)C1c1ccccc1. The number of carbonyl (C=O) groups is 2. The zero-order chi connectivity index (χ0) is 24.5. The number of aliphatic hydroxyl groups is 1. The average Bonchev–Trinajstić information content (AvgIpc) is 3.08. The molecule has 2 aromatic carbocycles. The van der Waals surface area contributed by atoms with Gasteiger partial charge in [0.05, 0.1) is 24.3 Å². The van der Waals surface area contributed by atoms with Crippen LogP contribution in [0.5, 0.6) is 5.75 Å². The minimum absolute atomic E-state index is 0.0506. The number of likely N-dealkylation sites (tertiary alicyclic amines) is 1. The Kier molecular flexibility index (Phi) is 6.24. The lowest BCUT2D eigenvalue weighted by Crippen LogP contribution is -2.29. The monoisotopic (exact) mass is 456 g/mol. The van der Waals surface area contributed by atoms with Crippen molar-refractivity contribution in [1.82, 2.24) is 9.88 Å². The smallest absolute Gasteiger partial charge is 0.295 e. The highest BCUT2D eigenvalue weighted by atomic mass is 16.5. The molecule has 3 aromatic rings. The fourth-order valence-corrected chi connectivity index (χ4v) is 4.21. The number of benzene rings is 2. The summed E-state index contributed by atoms with van der Waals surface area (Å²) in [5.74, 6) is -1.19. The molecular weight excluding hydrogens is 428 g/mol. The largest absolute Gasteiger partial charge is 0.507 e. The van der Waals surface area contributed by atoms with Gasteiger partial charge in [0, 0.05) is 18.9 Å². The number of ether oxygens (including phenoxy) is 1. The van der Waals surface area contributed by atoms with Gasteiger partial charge in [0.15, 0.2) is 0 Å². The first-order valence-electron chi connectivity index (χ1n) is 11.1. The van der Waals surface area contributed by atoms with E-state index in [0.717, 1.165) is 16.7 Å². The predicted octanol–water partition coefficient (Wildman–Crippen LogP) is 5.01. The molecule has 0 saturated carbocycles. The summed E-state index contributed by atoms with van der Waals surface area (Å²) in [5, 5.41) is 11.5. The maximum Gasteiger partial charge on any atom is 0.295 e. The number of carbonyl (C=O) groups excluding carboxylic acids is 2. The third kappa shape index (κ3) is 4.31. The van der Waals surface area contributed by atoms with Crippen molar-refractivity contribution in [2.75, 3.05) is 7.11 Å². The number of rotatable bonds is 5. The number of amides is 1. The molecule has 1 N–H and O–H groups in total. The second-order valence-corrected chi connectivity index (χ2v) is 9.36. The Morgan fingerprint density at radius 2 is 1.71 bits per heavy atom. The molecule has 2 heterocycles. The number of nitrogens with zero attached hydrogens (tertiary/aromatic N) is 2. The van der Waals surface area contributed by atoms with Crippen LogP contribution in [0.1, 0.15) is 49.1 Å². The van der Waals surface area contributed by atoms with Crippen LogP contribution in [-0.4, -0.2) is 33.8 Å². The number of hydrogen-bond acceptors (Lipinski definition) is 5. The first-order chi connectivity index (χ1) is 16.2. The minimum atomic E-state index is -0.739. The third-order valence-electron chi connectivity index (χ3n) is 6.08. The molecule has 1 fully saturated rings. The average molecular weight is 457 g/mol. The molecule has 34 heavy (non-hydrogen) atoms. The van der Waals surface area contributed by atoms with E-state index in [9.17, 15) is 14.7 Å². The Morgan fingerprint density at radius 3 is 2.32 bits per heavy atom. The van der Waals surface area contributed by atoms with Crippen LogP contribution in [0.2, 0.25) is 0 Å². The first kappa shape index (κ1) is 23.2. The van der Waals surface area contributed by atoms with Crippen LogP contribution in [0, 0.1) is 0 Å². The quantitative estimate of drug-likeness (QED) is 0.332.